The minimum Gasteiger partial charge on any atom is -0.423 e. The number of allylic oxidation sites excluding steroid dienone is 2. The minimum atomic E-state index is -1.37. The van der Waals surface area contributed by atoms with Gasteiger partial charge in [-0.05, 0) is 18.3 Å². The van der Waals surface area contributed by atoms with Crippen LogP contribution < -0.4 is 0 Å². The Hall–Kier alpha value is -0.535. The van der Waals surface area contributed by atoms with Crippen molar-refractivity contribution in [2.45, 2.75) is 12.8 Å². The first-order valence-electron chi connectivity index (χ1n) is 2.83. The molecule has 0 heterocycles. The lowest BCUT2D eigenvalue weighted by Gasteiger charge is -1.98. The Bertz CT molecular complexity index is 110. The molecule has 50 valence electrons. The molecule has 0 aromatic carbocycles. The molecule has 0 aromatic heterocycles. The maximum atomic E-state index is 8.47. The van der Waals surface area contributed by atoms with E-state index in [0.29, 0.717) is 11.9 Å². The third kappa shape index (κ3) is 4.00. The Morgan fingerprint density at radius 1 is 1.56 bits per heavy atom. The van der Waals surface area contributed by atoms with E-state index in [4.69, 9.17) is 10.0 Å². The summed E-state index contributed by atoms with van der Waals surface area (Å²) in [6.07, 6.45) is 3.06. The van der Waals surface area contributed by atoms with Gasteiger partial charge in [0.2, 0.25) is 0 Å². The fourth-order valence-corrected chi connectivity index (χ4v) is 0.417. The standard InChI is InChI=1S/C6H11BO2/c1-3-4-5-6(2)7(8)9/h3,8-9H,1-2,4-5H2. The average molecular weight is 126 g/mol. The van der Waals surface area contributed by atoms with Gasteiger partial charge in [0.15, 0.2) is 0 Å². The Labute approximate surface area is 55.7 Å². The smallest absolute Gasteiger partial charge is 0.423 e. The molecule has 0 aliphatic carbocycles. The van der Waals surface area contributed by atoms with Crippen molar-refractivity contribution in [2.75, 3.05) is 0 Å². The molecule has 0 unspecified atom stereocenters. The highest BCUT2D eigenvalue weighted by atomic mass is 16.4. The van der Waals surface area contributed by atoms with Crippen LogP contribution >= 0.6 is 0 Å². The molecule has 0 radical (unpaired) electrons. The maximum Gasteiger partial charge on any atom is 0.483 e. The van der Waals surface area contributed by atoms with Gasteiger partial charge in [-0.3, -0.25) is 0 Å². The summed E-state index contributed by atoms with van der Waals surface area (Å²) in [7, 11) is -1.37. The molecule has 0 aromatic rings. The lowest BCUT2D eigenvalue weighted by molar-refractivity contribution is 0.417. The summed E-state index contributed by atoms with van der Waals surface area (Å²) in [6.45, 7) is 6.93. The van der Waals surface area contributed by atoms with Gasteiger partial charge in [-0.25, -0.2) is 0 Å². The first-order chi connectivity index (χ1) is 4.18. The van der Waals surface area contributed by atoms with Gasteiger partial charge >= 0.3 is 7.12 Å². The van der Waals surface area contributed by atoms with E-state index in [2.05, 4.69) is 13.2 Å². The lowest BCUT2D eigenvalue weighted by Crippen LogP contribution is -2.13. The molecule has 0 aliphatic heterocycles. The maximum absolute atomic E-state index is 8.47. The molecule has 0 rings (SSSR count). The van der Waals surface area contributed by atoms with Gasteiger partial charge in [-0.1, -0.05) is 6.08 Å². The number of rotatable bonds is 4. The summed E-state index contributed by atoms with van der Waals surface area (Å²) in [5, 5.41) is 16.9. The first-order valence-corrected chi connectivity index (χ1v) is 2.83. The van der Waals surface area contributed by atoms with Crippen LogP contribution in [0.1, 0.15) is 12.8 Å². The average Bonchev–Trinajstić information content (AvgIpc) is 1.82. The van der Waals surface area contributed by atoms with Crippen LogP contribution in [-0.4, -0.2) is 17.2 Å². The summed E-state index contributed by atoms with van der Waals surface area (Å²) < 4.78 is 0. The topological polar surface area (TPSA) is 40.5 Å². The van der Waals surface area contributed by atoms with Crippen LogP contribution in [0.3, 0.4) is 0 Å². The molecule has 0 bridgehead atoms. The molecule has 0 saturated heterocycles. The predicted molar refractivity (Wildman–Crippen MR) is 38.8 cm³/mol. The zero-order chi connectivity index (χ0) is 7.28. The third-order valence-electron chi connectivity index (χ3n) is 1.03. The molecule has 2 nitrogen and oxygen atoms in total. The van der Waals surface area contributed by atoms with Crippen molar-refractivity contribution >= 4 is 7.12 Å². The van der Waals surface area contributed by atoms with Crippen molar-refractivity contribution in [1.82, 2.24) is 0 Å². The van der Waals surface area contributed by atoms with Gasteiger partial charge in [-0.2, -0.15) is 0 Å². The van der Waals surface area contributed by atoms with Crippen molar-refractivity contribution in [1.29, 1.82) is 0 Å². The fourth-order valence-electron chi connectivity index (χ4n) is 0.417. The molecular weight excluding hydrogens is 115 g/mol. The van der Waals surface area contributed by atoms with Crippen molar-refractivity contribution in [3.05, 3.63) is 24.7 Å². The van der Waals surface area contributed by atoms with Crippen molar-refractivity contribution in [3.8, 4) is 0 Å². The second-order valence-corrected chi connectivity index (χ2v) is 1.86. The molecule has 0 fully saturated rings. The van der Waals surface area contributed by atoms with E-state index >= 15 is 0 Å². The molecule has 0 atom stereocenters. The zero-order valence-corrected chi connectivity index (χ0v) is 5.38. The second-order valence-electron chi connectivity index (χ2n) is 1.86. The summed E-state index contributed by atoms with van der Waals surface area (Å²) in [6, 6.07) is 0. The molecule has 0 spiro atoms. The third-order valence-corrected chi connectivity index (χ3v) is 1.03. The summed E-state index contributed by atoms with van der Waals surface area (Å²) in [5.74, 6) is 0. The van der Waals surface area contributed by atoms with Crippen molar-refractivity contribution < 1.29 is 10.0 Å². The Kier molecular flexibility index (Phi) is 4.10. The van der Waals surface area contributed by atoms with Gasteiger partial charge in [0.25, 0.3) is 0 Å². The van der Waals surface area contributed by atoms with E-state index < -0.39 is 7.12 Å². The van der Waals surface area contributed by atoms with Gasteiger partial charge in [-0.15, -0.1) is 13.2 Å². The van der Waals surface area contributed by atoms with E-state index in [-0.39, 0.29) is 0 Å². The quantitative estimate of drug-likeness (QED) is 0.425. The van der Waals surface area contributed by atoms with E-state index in [1.165, 1.54) is 0 Å². The highest BCUT2D eigenvalue weighted by Gasteiger charge is 2.09. The highest BCUT2D eigenvalue weighted by molar-refractivity contribution is 6.50. The molecule has 9 heavy (non-hydrogen) atoms. The van der Waals surface area contributed by atoms with Crippen molar-refractivity contribution in [3.63, 3.8) is 0 Å². The normalized spacial score (nSPS) is 8.67. The van der Waals surface area contributed by atoms with E-state index in [9.17, 15) is 0 Å². The Morgan fingerprint density at radius 2 is 2.11 bits per heavy atom. The van der Waals surface area contributed by atoms with Gasteiger partial charge in [0.1, 0.15) is 0 Å². The van der Waals surface area contributed by atoms with Crippen molar-refractivity contribution in [2.24, 2.45) is 0 Å². The molecule has 0 amide bonds. The van der Waals surface area contributed by atoms with Crippen LogP contribution in [0.4, 0.5) is 0 Å². The molecule has 2 N–H and O–H groups in total. The minimum absolute atomic E-state index is 0.440. The number of hydrogen-bond donors (Lipinski definition) is 2. The molecule has 0 aliphatic rings. The van der Waals surface area contributed by atoms with Gasteiger partial charge < -0.3 is 10.0 Å². The number of hydrogen-bond acceptors (Lipinski definition) is 2. The van der Waals surface area contributed by atoms with Crippen LogP contribution in [0.25, 0.3) is 0 Å². The van der Waals surface area contributed by atoms with Gasteiger partial charge in [0, 0.05) is 0 Å². The predicted octanol–water partition coefficient (Wildman–Crippen LogP) is 0.521. The van der Waals surface area contributed by atoms with E-state index in [0.717, 1.165) is 6.42 Å². The summed E-state index contributed by atoms with van der Waals surface area (Å²) in [4.78, 5) is 0. The first kappa shape index (κ1) is 8.46. The fraction of sp³-hybridized carbons (Fsp3) is 0.333. The second kappa shape index (κ2) is 4.35. The molecule has 3 heteroatoms. The zero-order valence-electron chi connectivity index (χ0n) is 5.38. The SMILES string of the molecule is C=CCCC(=C)B(O)O. The van der Waals surface area contributed by atoms with E-state index in [1.807, 2.05) is 0 Å². The van der Waals surface area contributed by atoms with E-state index in [1.54, 1.807) is 6.08 Å². The van der Waals surface area contributed by atoms with Crippen LogP contribution in [-0.2, 0) is 0 Å². The Morgan fingerprint density at radius 3 is 2.44 bits per heavy atom. The molecule has 0 saturated carbocycles. The van der Waals surface area contributed by atoms with Crippen LogP contribution in [0.5, 0.6) is 0 Å². The van der Waals surface area contributed by atoms with Crippen LogP contribution in [0, 0.1) is 0 Å². The summed E-state index contributed by atoms with van der Waals surface area (Å²) in [5.41, 5.74) is 0.440. The van der Waals surface area contributed by atoms with Gasteiger partial charge in [0.05, 0.1) is 0 Å². The largest absolute Gasteiger partial charge is 0.483 e. The Balaban J connectivity index is 3.38. The monoisotopic (exact) mass is 126 g/mol. The van der Waals surface area contributed by atoms with Crippen LogP contribution in [0.2, 0.25) is 0 Å². The van der Waals surface area contributed by atoms with Crippen LogP contribution in [0.15, 0.2) is 24.7 Å². The highest BCUT2D eigenvalue weighted by Crippen LogP contribution is 2.02. The summed E-state index contributed by atoms with van der Waals surface area (Å²) >= 11 is 0. The molecular formula is C6H11BO2. The lowest BCUT2D eigenvalue weighted by atomic mass is 9.78.